The molecule has 0 saturated heterocycles. The van der Waals surface area contributed by atoms with E-state index in [0.717, 1.165) is 28.7 Å². The van der Waals surface area contributed by atoms with Crippen molar-refractivity contribution in [1.29, 1.82) is 0 Å². The lowest BCUT2D eigenvalue weighted by Gasteiger charge is -2.15. The Morgan fingerprint density at radius 1 is 1.35 bits per heavy atom. The number of hydrogen-bond donors (Lipinski definition) is 2. The van der Waals surface area contributed by atoms with Gasteiger partial charge < -0.3 is 10.6 Å². The second-order valence-electron chi connectivity index (χ2n) is 5.76. The summed E-state index contributed by atoms with van der Waals surface area (Å²) in [5, 5.41) is 7.49. The molecule has 0 fully saturated rings. The predicted octanol–water partition coefficient (Wildman–Crippen LogP) is 3.26. The van der Waals surface area contributed by atoms with E-state index < -0.39 is 0 Å². The summed E-state index contributed by atoms with van der Waals surface area (Å²) in [4.78, 5) is 16.7. The summed E-state index contributed by atoms with van der Waals surface area (Å²) in [6.45, 7) is 4.95. The van der Waals surface area contributed by atoms with E-state index in [1.807, 2.05) is 24.3 Å². The van der Waals surface area contributed by atoms with Crippen molar-refractivity contribution < 1.29 is 4.79 Å². The summed E-state index contributed by atoms with van der Waals surface area (Å²) in [6, 6.07) is 7.97. The second-order valence-corrected chi connectivity index (χ2v) is 5.76. The van der Waals surface area contributed by atoms with Gasteiger partial charge in [-0.15, -0.1) is 0 Å². The molecule has 1 unspecified atom stereocenters. The van der Waals surface area contributed by atoms with Gasteiger partial charge in [0.05, 0.1) is 29.0 Å². The minimum absolute atomic E-state index is 0.00108. The van der Waals surface area contributed by atoms with Crippen LogP contribution in [-0.4, -0.2) is 17.4 Å². The number of fused-ring (bicyclic) bond motifs is 3. The van der Waals surface area contributed by atoms with E-state index in [1.54, 1.807) is 6.20 Å². The zero-order valence-electron chi connectivity index (χ0n) is 11.8. The van der Waals surface area contributed by atoms with Gasteiger partial charge in [-0.25, -0.2) is 0 Å². The summed E-state index contributed by atoms with van der Waals surface area (Å²) in [6.07, 6.45) is 2.62. The lowest BCUT2D eigenvalue weighted by Crippen LogP contribution is -2.27. The normalized spacial score (nSPS) is 18.4. The first-order valence-electron chi connectivity index (χ1n) is 7.07. The minimum Gasteiger partial charge on any atom is -0.382 e. The molecule has 104 valence electrons. The standard InChI is InChI=1S/C16H19N3O/c1-10(2)7-11-8-18-15-12-5-3-4-6-13(12)17-9-14(15)19-16(11)20/h3-6,9-11,18H,7-8H2,1-2H3,(H,19,20). The molecule has 2 heterocycles. The molecule has 2 N–H and O–H groups in total. The maximum atomic E-state index is 12.3. The number of para-hydroxylation sites is 1. The van der Waals surface area contributed by atoms with Crippen LogP contribution in [0.5, 0.6) is 0 Å². The van der Waals surface area contributed by atoms with Crippen molar-refractivity contribution >= 4 is 28.2 Å². The van der Waals surface area contributed by atoms with Crippen LogP contribution in [0.1, 0.15) is 20.3 Å². The van der Waals surface area contributed by atoms with Gasteiger partial charge in [-0.3, -0.25) is 9.78 Å². The predicted molar refractivity (Wildman–Crippen MR) is 81.8 cm³/mol. The van der Waals surface area contributed by atoms with Gasteiger partial charge in [-0.1, -0.05) is 32.0 Å². The van der Waals surface area contributed by atoms with Crippen LogP contribution in [0.3, 0.4) is 0 Å². The first-order valence-corrected chi connectivity index (χ1v) is 7.07. The molecule has 0 saturated carbocycles. The van der Waals surface area contributed by atoms with E-state index in [1.165, 1.54) is 0 Å². The van der Waals surface area contributed by atoms with E-state index in [-0.39, 0.29) is 11.8 Å². The molecule has 3 rings (SSSR count). The van der Waals surface area contributed by atoms with E-state index in [4.69, 9.17) is 0 Å². The van der Waals surface area contributed by atoms with Crippen LogP contribution in [0.4, 0.5) is 11.4 Å². The highest BCUT2D eigenvalue weighted by Crippen LogP contribution is 2.32. The van der Waals surface area contributed by atoms with Crippen LogP contribution in [0, 0.1) is 11.8 Å². The number of anilines is 2. The Bertz CT molecular complexity index is 651. The summed E-state index contributed by atoms with van der Waals surface area (Å²) < 4.78 is 0. The molecule has 1 aliphatic heterocycles. The fraction of sp³-hybridized carbons (Fsp3) is 0.375. The molecule has 1 aliphatic rings. The van der Waals surface area contributed by atoms with E-state index in [2.05, 4.69) is 29.5 Å². The number of amides is 1. The first-order chi connectivity index (χ1) is 9.65. The third kappa shape index (κ3) is 2.33. The first kappa shape index (κ1) is 12.9. The Hall–Kier alpha value is -2.10. The number of carbonyl (C=O) groups excluding carboxylic acids is 1. The van der Waals surface area contributed by atoms with Gasteiger partial charge in [-0.2, -0.15) is 0 Å². The number of hydrogen-bond acceptors (Lipinski definition) is 3. The highest BCUT2D eigenvalue weighted by molar-refractivity contribution is 6.05. The fourth-order valence-electron chi connectivity index (χ4n) is 2.74. The maximum absolute atomic E-state index is 12.3. The Kier molecular flexibility index (Phi) is 3.30. The Balaban J connectivity index is 1.99. The van der Waals surface area contributed by atoms with Gasteiger partial charge in [-0.05, 0) is 18.4 Å². The van der Waals surface area contributed by atoms with E-state index in [9.17, 15) is 4.79 Å². The Morgan fingerprint density at radius 2 is 2.15 bits per heavy atom. The average Bonchev–Trinajstić information content (AvgIpc) is 2.58. The monoisotopic (exact) mass is 269 g/mol. The zero-order valence-corrected chi connectivity index (χ0v) is 11.8. The van der Waals surface area contributed by atoms with Crippen LogP contribution in [0.25, 0.3) is 10.9 Å². The zero-order chi connectivity index (χ0) is 14.1. The molecule has 4 nitrogen and oxygen atoms in total. The summed E-state index contributed by atoms with van der Waals surface area (Å²) in [5.41, 5.74) is 2.70. The third-order valence-corrected chi connectivity index (χ3v) is 3.69. The Morgan fingerprint density at radius 3 is 2.95 bits per heavy atom. The van der Waals surface area contributed by atoms with Crippen molar-refractivity contribution in [2.75, 3.05) is 17.2 Å². The molecule has 2 aromatic rings. The summed E-state index contributed by atoms with van der Waals surface area (Å²) in [5.74, 6) is 0.590. The van der Waals surface area contributed by atoms with E-state index in [0.29, 0.717) is 12.5 Å². The van der Waals surface area contributed by atoms with Gasteiger partial charge in [0.2, 0.25) is 5.91 Å². The molecular weight excluding hydrogens is 250 g/mol. The van der Waals surface area contributed by atoms with Crippen molar-refractivity contribution in [3.05, 3.63) is 30.5 Å². The maximum Gasteiger partial charge on any atom is 0.229 e. The number of nitrogens with zero attached hydrogens (tertiary/aromatic N) is 1. The molecule has 0 radical (unpaired) electrons. The molecule has 1 aromatic heterocycles. The van der Waals surface area contributed by atoms with Crippen molar-refractivity contribution in [3.8, 4) is 0 Å². The van der Waals surface area contributed by atoms with Crippen LogP contribution < -0.4 is 10.6 Å². The molecule has 0 spiro atoms. The van der Waals surface area contributed by atoms with Gasteiger partial charge in [0.1, 0.15) is 0 Å². The number of benzene rings is 1. The average molecular weight is 269 g/mol. The molecule has 0 aliphatic carbocycles. The number of carbonyl (C=O) groups is 1. The summed E-state index contributed by atoms with van der Waals surface area (Å²) >= 11 is 0. The van der Waals surface area contributed by atoms with Crippen LogP contribution in [0.15, 0.2) is 30.5 Å². The number of aromatic nitrogens is 1. The molecule has 0 bridgehead atoms. The number of nitrogens with one attached hydrogen (secondary N) is 2. The molecule has 20 heavy (non-hydrogen) atoms. The second kappa shape index (κ2) is 5.12. The lowest BCUT2D eigenvalue weighted by molar-refractivity contribution is -0.119. The largest absolute Gasteiger partial charge is 0.382 e. The molecule has 1 aromatic carbocycles. The van der Waals surface area contributed by atoms with Crippen molar-refractivity contribution in [3.63, 3.8) is 0 Å². The Labute approximate surface area is 118 Å². The highest BCUT2D eigenvalue weighted by atomic mass is 16.1. The molecule has 4 heteroatoms. The van der Waals surface area contributed by atoms with Gasteiger partial charge >= 0.3 is 0 Å². The number of rotatable bonds is 2. The van der Waals surface area contributed by atoms with Crippen LogP contribution in [0.2, 0.25) is 0 Å². The van der Waals surface area contributed by atoms with Gasteiger partial charge in [0, 0.05) is 11.9 Å². The quantitative estimate of drug-likeness (QED) is 0.879. The highest BCUT2D eigenvalue weighted by Gasteiger charge is 2.25. The van der Waals surface area contributed by atoms with Crippen molar-refractivity contribution in [1.82, 2.24) is 4.98 Å². The van der Waals surface area contributed by atoms with E-state index >= 15 is 0 Å². The SMILES string of the molecule is CC(C)CC1CNc2c(cnc3ccccc23)NC1=O. The van der Waals surface area contributed by atoms with Gasteiger partial charge in [0.25, 0.3) is 0 Å². The van der Waals surface area contributed by atoms with Crippen LogP contribution >= 0.6 is 0 Å². The van der Waals surface area contributed by atoms with Crippen molar-refractivity contribution in [2.45, 2.75) is 20.3 Å². The molecule has 1 atom stereocenters. The fourth-order valence-corrected chi connectivity index (χ4v) is 2.74. The van der Waals surface area contributed by atoms with Gasteiger partial charge in [0.15, 0.2) is 0 Å². The topological polar surface area (TPSA) is 54.0 Å². The lowest BCUT2D eigenvalue weighted by atomic mass is 9.96. The third-order valence-electron chi connectivity index (χ3n) is 3.69. The molecule has 1 amide bonds. The van der Waals surface area contributed by atoms with Crippen LogP contribution in [-0.2, 0) is 4.79 Å². The van der Waals surface area contributed by atoms with Crippen molar-refractivity contribution in [2.24, 2.45) is 11.8 Å². The smallest absolute Gasteiger partial charge is 0.229 e. The number of pyridine rings is 1. The minimum atomic E-state index is 0.00108. The molecular formula is C16H19N3O. The summed E-state index contributed by atoms with van der Waals surface area (Å²) in [7, 11) is 0.